The number of hydrogen-bond acceptors (Lipinski definition) is 7. The molecule has 0 atom stereocenters. The standard InChI is InChI=1S/C16H17N3O5/c1-3-23-16(22)12-13(14(20)19-11(18-12)9-17-2)24-15(21)10-7-5-4-6-8-10/h4-8,17H,3,9H2,1-2H3,(H,18,19,20). The van der Waals surface area contributed by atoms with Crippen LogP contribution in [0.25, 0.3) is 0 Å². The van der Waals surface area contributed by atoms with Crippen molar-refractivity contribution < 1.29 is 19.1 Å². The molecule has 8 heteroatoms. The van der Waals surface area contributed by atoms with Gasteiger partial charge in [-0.2, -0.15) is 0 Å². The number of carbonyl (C=O) groups excluding carboxylic acids is 2. The van der Waals surface area contributed by atoms with E-state index in [2.05, 4.69) is 15.3 Å². The molecule has 0 saturated heterocycles. The van der Waals surface area contributed by atoms with Crippen LogP contribution in [0.5, 0.6) is 5.75 Å². The van der Waals surface area contributed by atoms with Crippen molar-refractivity contribution in [2.24, 2.45) is 0 Å². The number of nitrogens with zero attached hydrogens (tertiary/aromatic N) is 1. The lowest BCUT2D eigenvalue weighted by atomic mass is 10.2. The van der Waals surface area contributed by atoms with Gasteiger partial charge in [0, 0.05) is 0 Å². The van der Waals surface area contributed by atoms with Crippen LogP contribution >= 0.6 is 0 Å². The lowest BCUT2D eigenvalue weighted by Gasteiger charge is -2.10. The Hall–Kier alpha value is -3.00. The smallest absolute Gasteiger partial charge is 0.361 e. The van der Waals surface area contributed by atoms with Crippen molar-refractivity contribution in [3.05, 3.63) is 57.8 Å². The summed E-state index contributed by atoms with van der Waals surface area (Å²) in [5.41, 5.74) is -0.830. The molecule has 1 aromatic carbocycles. The summed E-state index contributed by atoms with van der Waals surface area (Å²) in [6.07, 6.45) is 0. The van der Waals surface area contributed by atoms with Gasteiger partial charge in [-0.25, -0.2) is 14.6 Å². The first-order chi connectivity index (χ1) is 11.6. The second-order valence-corrected chi connectivity index (χ2v) is 4.70. The van der Waals surface area contributed by atoms with E-state index < -0.39 is 23.2 Å². The largest absolute Gasteiger partial charge is 0.461 e. The molecule has 0 aliphatic carbocycles. The Bertz CT molecular complexity index is 786. The van der Waals surface area contributed by atoms with Crippen molar-refractivity contribution in [1.29, 1.82) is 0 Å². The zero-order valence-corrected chi connectivity index (χ0v) is 13.3. The molecule has 2 aromatic rings. The summed E-state index contributed by atoms with van der Waals surface area (Å²) in [5, 5.41) is 2.80. The van der Waals surface area contributed by atoms with Crippen LogP contribution in [0.3, 0.4) is 0 Å². The third-order valence-corrected chi connectivity index (χ3v) is 2.94. The molecule has 1 heterocycles. The van der Waals surface area contributed by atoms with Crippen molar-refractivity contribution in [3.8, 4) is 5.75 Å². The van der Waals surface area contributed by atoms with Crippen molar-refractivity contribution >= 4 is 11.9 Å². The minimum atomic E-state index is -0.836. The fourth-order valence-corrected chi connectivity index (χ4v) is 1.92. The van der Waals surface area contributed by atoms with Crippen LogP contribution in [0.4, 0.5) is 0 Å². The van der Waals surface area contributed by atoms with Crippen LogP contribution in [0.1, 0.15) is 33.6 Å². The molecule has 126 valence electrons. The maximum absolute atomic E-state index is 12.2. The number of benzene rings is 1. The van der Waals surface area contributed by atoms with E-state index in [1.54, 1.807) is 32.2 Å². The number of aromatic nitrogens is 2. The Morgan fingerprint density at radius 2 is 1.92 bits per heavy atom. The van der Waals surface area contributed by atoms with Crippen molar-refractivity contribution in [1.82, 2.24) is 15.3 Å². The average Bonchev–Trinajstić information content (AvgIpc) is 2.58. The second-order valence-electron chi connectivity index (χ2n) is 4.70. The van der Waals surface area contributed by atoms with Gasteiger partial charge in [0.05, 0.1) is 18.7 Å². The zero-order valence-electron chi connectivity index (χ0n) is 13.3. The number of ether oxygens (including phenoxy) is 2. The fourth-order valence-electron chi connectivity index (χ4n) is 1.92. The summed E-state index contributed by atoms with van der Waals surface area (Å²) in [6.45, 7) is 1.95. The molecule has 0 radical (unpaired) electrons. The number of esters is 2. The summed E-state index contributed by atoms with van der Waals surface area (Å²) in [5.74, 6) is -1.86. The average molecular weight is 331 g/mol. The molecule has 0 amide bonds. The van der Waals surface area contributed by atoms with Gasteiger partial charge in [0.1, 0.15) is 5.82 Å². The highest BCUT2D eigenvalue weighted by atomic mass is 16.6. The Morgan fingerprint density at radius 1 is 1.21 bits per heavy atom. The van der Waals surface area contributed by atoms with Crippen molar-refractivity contribution in [3.63, 3.8) is 0 Å². The van der Waals surface area contributed by atoms with E-state index in [9.17, 15) is 14.4 Å². The molecular formula is C16H17N3O5. The monoisotopic (exact) mass is 331 g/mol. The van der Waals surface area contributed by atoms with Gasteiger partial charge in [-0.3, -0.25) is 4.79 Å². The highest BCUT2D eigenvalue weighted by Crippen LogP contribution is 2.14. The molecule has 0 bridgehead atoms. The molecular weight excluding hydrogens is 314 g/mol. The number of nitrogens with one attached hydrogen (secondary N) is 2. The van der Waals surface area contributed by atoms with E-state index in [4.69, 9.17) is 9.47 Å². The number of H-pyrrole nitrogens is 1. The van der Waals surface area contributed by atoms with E-state index in [-0.39, 0.29) is 30.2 Å². The van der Waals surface area contributed by atoms with E-state index >= 15 is 0 Å². The van der Waals surface area contributed by atoms with Crippen molar-refractivity contribution in [2.45, 2.75) is 13.5 Å². The SMILES string of the molecule is CCOC(=O)c1nc(CNC)[nH]c(=O)c1OC(=O)c1ccccc1. The van der Waals surface area contributed by atoms with Gasteiger partial charge >= 0.3 is 11.9 Å². The topological polar surface area (TPSA) is 110 Å². The number of rotatable bonds is 6. The molecule has 24 heavy (non-hydrogen) atoms. The third-order valence-electron chi connectivity index (χ3n) is 2.94. The fraction of sp³-hybridized carbons (Fsp3) is 0.250. The molecule has 0 aliphatic heterocycles. The highest BCUT2D eigenvalue weighted by molar-refractivity contribution is 5.94. The molecule has 0 aliphatic rings. The van der Waals surface area contributed by atoms with Crippen LogP contribution in [0.2, 0.25) is 0 Å². The predicted octanol–water partition coefficient (Wildman–Crippen LogP) is 0.885. The van der Waals surface area contributed by atoms with E-state index in [0.717, 1.165) is 0 Å². The Balaban J connectivity index is 2.42. The van der Waals surface area contributed by atoms with Crippen LogP contribution in [0, 0.1) is 0 Å². The predicted molar refractivity (Wildman–Crippen MR) is 85.0 cm³/mol. The van der Waals surface area contributed by atoms with Crippen molar-refractivity contribution in [2.75, 3.05) is 13.7 Å². The molecule has 8 nitrogen and oxygen atoms in total. The van der Waals surface area contributed by atoms with Crippen LogP contribution in [-0.2, 0) is 11.3 Å². The van der Waals surface area contributed by atoms with Gasteiger partial charge < -0.3 is 19.8 Å². The molecule has 0 fully saturated rings. The highest BCUT2D eigenvalue weighted by Gasteiger charge is 2.23. The number of hydrogen-bond donors (Lipinski definition) is 2. The quantitative estimate of drug-likeness (QED) is 0.756. The van der Waals surface area contributed by atoms with Gasteiger partial charge in [0.15, 0.2) is 5.69 Å². The summed E-state index contributed by atoms with van der Waals surface area (Å²) in [6, 6.07) is 8.11. The Morgan fingerprint density at radius 3 is 2.54 bits per heavy atom. The van der Waals surface area contributed by atoms with Gasteiger partial charge in [-0.05, 0) is 26.1 Å². The minimum Gasteiger partial charge on any atom is -0.461 e. The lowest BCUT2D eigenvalue weighted by molar-refractivity contribution is 0.0511. The first kappa shape index (κ1) is 17.4. The van der Waals surface area contributed by atoms with E-state index in [1.807, 2.05) is 0 Å². The summed E-state index contributed by atoms with van der Waals surface area (Å²) in [7, 11) is 1.66. The molecule has 2 N–H and O–H groups in total. The van der Waals surface area contributed by atoms with Crippen LogP contribution < -0.4 is 15.6 Å². The normalized spacial score (nSPS) is 10.2. The van der Waals surface area contributed by atoms with Crippen LogP contribution in [0.15, 0.2) is 35.1 Å². The number of carbonyl (C=O) groups is 2. The van der Waals surface area contributed by atoms with Gasteiger partial charge in [0.25, 0.3) is 5.56 Å². The summed E-state index contributed by atoms with van der Waals surface area (Å²) < 4.78 is 9.97. The molecule has 0 spiro atoms. The maximum Gasteiger partial charge on any atom is 0.361 e. The first-order valence-corrected chi connectivity index (χ1v) is 7.29. The number of aromatic amines is 1. The second kappa shape index (κ2) is 8.02. The van der Waals surface area contributed by atoms with Gasteiger partial charge in [-0.1, -0.05) is 18.2 Å². The zero-order chi connectivity index (χ0) is 17.5. The maximum atomic E-state index is 12.2. The molecule has 2 rings (SSSR count). The lowest BCUT2D eigenvalue weighted by Crippen LogP contribution is -2.25. The molecule has 1 aromatic heterocycles. The van der Waals surface area contributed by atoms with Gasteiger partial charge in [0.2, 0.25) is 5.75 Å². The molecule has 0 unspecified atom stereocenters. The van der Waals surface area contributed by atoms with E-state index in [1.165, 1.54) is 12.1 Å². The third kappa shape index (κ3) is 4.05. The Labute approximate surface area is 137 Å². The van der Waals surface area contributed by atoms with Gasteiger partial charge in [-0.15, -0.1) is 0 Å². The Kier molecular flexibility index (Phi) is 5.80. The first-order valence-electron chi connectivity index (χ1n) is 7.29. The summed E-state index contributed by atoms with van der Waals surface area (Å²) >= 11 is 0. The van der Waals surface area contributed by atoms with Crippen LogP contribution in [-0.4, -0.2) is 35.6 Å². The summed E-state index contributed by atoms with van der Waals surface area (Å²) in [4.78, 5) is 42.9. The van der Waals surface area contributed by atoms with E-state index in [0.29, 0.717) is 0 Å². The molecule has 0 saturated carbocycles. The minimum absolute atomic E-state index is 0.0980.